The molecule has 7 heteroatoms. The van der Waals surface area contributed by atoms with Crippen molar-refractivity contribution in [2.45, 2.75) is 32.7 Å². The maximum Gasteiger partial charge on any atom is 0.266 e. The lowest BCUT2D eigenvalue weighted by molar-refractivity contribution is 0.362. The lowest BCUT2D eigenvalue weighted by atomic mass is 10.2. The van der Waals surface area contributed by atoms with Crippen LogP contribution in [0.1, 0.15) is 32.6 Å². The SMILES string of the molecule is CC(C)c1nc(N2CCN[C@@H](C)C2)no1.Cl.Cl. The Morgan fingerprint density at radius 3 is 2.65 bits per heavy atom. The Kier molecular flexibility index (Phi) is 6.82. The summed E-state index contributed by atoms with van der Waals surface area (Å²) in [6, 6.07) is 0.486. The molecule has 100 valence electrons. The molecular formula is C10H20Cl2N4O. The molecule has 1 N–H and O–H groups in total. The van der Waals surface area contributed by atoms with E-state index in [1.54, 1.807) is 0 Å². The minimum absolute atomic E-state index is 0. The van der Waals surface area contributed by atoms with Gasteiger partial charge in [0.2, 0.25) is 5.89 Å². The molecule has 17 heavy (non-hydrogen) atoms. The highest BCUT2D eigenvalue weighted by Gasteiger charge is 2.20. The van der Waals surface area contributed by atoms with Gasteiger partial charge in [0.1, 0.15) is 0 Å². The van der Waals surface area contributed by atoms with Crippen molar-refractivity contribution in [3.63, 3.8) is 0 Å². The van der Waals surface area contributed by atoms with Crippen LogP contribution in [-0.2, 0) is 0 Å². The number of aromatic nitrogens is 2. The summed E-state index contributed by atoms with van der Waals surface area (Å²) in [5, 5.41) is 7.39. The molecule has 2 heterocycles. The number of hydrogen-bond acceptors (Lipinski definition) is 5. The van der Waals surface area contributed by atoms with Gasteiger partial charge in [0.25, 0.3) is 5.95 Å². The van der Waals surface area contributed by atoms with Gasteiger partial charge in [0.05, 0.1) is 0 Å². The molecule has 0 aliphatic carbocycles. The lowest BCUT2D eigenvalue weighted by Crippen LogP contribution is -2.49. The Balaban J connectivity index is 0.00000128. The molecule has 1 fully saturated rings. The summed E-state index contributed by atoms with van der Waals surface area (Å²) in [5.74, 6) is 1.75. The standard InChI is InChI=1S/C10H18N4O.2ClH/c1-7(2)9-12-10(13-15-9)14-5-4-11-8(3)6-14;;/h7-8,11H,4-6H2,1-3H3;2*1H/t8-;;/m0../s1. The Morgan fingerprint density at radius 1 is 1.41 bits per heavy atom. The van der Waals surface area contributed by atoms with Crippen molar-refractivity contribution < 1.29 is 4.52 Å². The molecule has 1 saturated heterocycles. The van der Waals surface area contributed by atoms with Crippen molar-refractivity contribution >= 4 is 30.8 Å². The first-order valence-corrected chi connectivity index (χ1v) is 5.48. The Labute approximate surface area is 114 Å². The molecule has 2 rings (SSSR count). The fourth-order valence-electron chi connectivity index (χ4n) is 1.70. The molecule has 0 saturated carbocycles. The zero-order valence-electron chi connectivity index (χ0n) is 10.3. The summed E-state index contributed by atoms with van der Waals surface area (Å²) >= 11 is 0. The van der Waals surface area contributed by atoms with Gasteiger partial charge in [-0.25, -0.2) is 0 Å². The van der Waals surface area contributed by atoms with Crippen LogP contribution in [-0.4, -0.2) is 35.8 Å². The van der Waals surface area contributed by atoms with Gasteiger partial charge in [0, 0.05) is 31.6 Å². The van der Waals surface area contributed by atoms with Gasteiger partial charge in [-0.3, -0.25) is 0 Å². The monoisotopic (exact) mass is 282 g/mol. The maximum atomic E-state index is 5.19. The number of rotatable bonds is 2. The van der Waals surface area contributed by atoms with Crippen LogP contribution < -0.4 is 10.2 Å². The predicted octanol–water partition coefficient (Wildman–Crippen LogP) is 1.83. The summed E-state index contributed by atoms with van der Waals surface area (Å²) in [7, 11) is 0. The van der Waals surface area contributed by atoms with E-state index in [1.807, 2.05) is 0 Å². The van der Waals surface area contributed by atoms with Crippen molar-refractivity contribution in [2.75, 3.05) is 24.5 Å². The number of piperazine rings is 1. The Bertz CT molecular complexity index is 332. The summed E-state index contributed by atoms with van der Waals surface area (Å²) in [6.45, 7) is 9.14. The number of anilines is 1. The van der Waals surface area contributed by atoms with E-state index in [0.29, 0.717) is 12.0 Å². The van der Waals surface area contributed by atoms with E-state index in [2.05, 4.69) is 41.1 Å². The van der Waals surface area contributed by atoms with Crippen molar-refractivity contribution in [3.05, 3.63) is 5.89 Å². The van der Waals surface area contributed by atoms with E-state index in [4.69, 9.17) is 4.52 Å². The lowest BCUT2D eigenvalue weighted by Gasteiger charge is -2.30. The highest BCUT2D eigenvalue weighted by atomic mass is 35.5. The van der Waals surface area contributed by atoms with E-state index >= 15 is 0 Å². The van der Waals surface area contributed by atoms with Crippen LogP contribution in [0.5, 0.6) is 0 Å². The fraction of sp³-hybridized carbons (Fsp3) is 0.800. The molecule has 1 atom stereocenters. The molecule has 0 radical (unpaired) electrons. The number of hydrogen-bond donors (Lipinski definition) is 1. The summed E-state index contributed by atoms with van der Waals surface area (Å²) in [6.07, 6.45) is 0. The zero-order valence-corrected chi connectivity index (χ0v) is 12.0. The minimum atomic E-state index is 0. The zero-order chi connectivity index (χ0) is 10.8. The average molecular weight is 283 g/mol. The smallest absolute Gasteiger partial charge is 0.266 e. The minimum Gasteiger partial charge on any atom is -0.337 e. The van der Waals surface area contributed by atoms with Gasteiger partial charge in [-0.2, -0.15) is 4.98 Å². The van der Waals surface area contributed by atoms with E-state index < -0.39 is 0 Å². The molecule has 0 unspecified atom stereocenters. The molecule has 1 aliphatic rings. The molecule has 0 spiro atoms. The molecule has 0 bridgehead atoms. The normalized spacial score (nSPS) is 19.8. The van der Waals surface area contributed by atoms with E-state index in [0.717, 1.165) is 31.5 Å². The van der Waals surface area contributed by atoms with Crippen molar-refractivity contribution in [2.24, 2.45) is 0 Å². The second-order valence-corrected chi connectivity index (χ2v) is 4.39. The van der Waals surface area contributed by atoms with E-state index in [9.17, 15) is 0 Å². The van der Waals surface area contributed by atoms with Crippen LogP contribution >= 0.6 is 24.8 Å². The molecule has 1 aromatic rings. The quantitative estimate of drug-likeness (QED) is 0.897. The van der Waals surface area contributed by atoms with Gasteiger partial charge >= 0.3 is 0 Å². The van der Waals surface area contributed by atoms with Crippen molar-refractivity contribution in [1.82, 2.24) is 15.5 Å². The van der Waals surface area contributed by atoms with Crippen molar-refractivity contribution in [1.29, 1.82) is 0 Å². The molecule has 1 aliphatic heterocycles. The van der Waals surface area contributed by atoms with E-state index in [-0.39, 0.29) is 24.8 Å². The van der Waals surface area contributed by atoms with Crippen LogP contribution in [0, 0.1) is 0 Å². The summed E-state index contributed by atoms with van der Waals surface area (Å²) in [5.41, 5.74) is 0. The van der Waals surface area contributed by atoms with Gasteiger partial charge in [-0.15, -0.1) is 24.8 Å². The van der Waals surface area contributed by atoms with Crippen LogP contribution in [0.25, 0.3) is 0 Å². The molecule has 0 amide bonds. The van der Waals surface area contributed by atoms with Gasteiger partial charge in [-0.05, 0) is 12.1 Å². The predicted molar refractivity (Wildman–Crippen MR) is 72.6 cm³/mol. The van der Waals surface area contributed by atoms with Gasteiger partial charge in [-0.1, -0.05) is 13.8 Å². The van der Waals surface area contributed by atoms with E-state index in [1.165, 1.54) is 0 Å². The highest BCUT2D eigenvalue weighted by Crippen LogP contribution is 2.16. The van der Waals surface area contributed by atoms with Gasteiger partial charge in [0.15, 0.2) is 0 Å². The molecule has 0 aromatic carbocycles. The van der Waals surface area contributed by atoms with Crippen LogP contribution in [0.4, 0.5) is 5.95 Å². The molecular weight excluding hydrogens is 263 g/mol. The Hall–Kier alpha value is -0.520. The largest absolute Gasteiger partial charge is 0.337 e. The first-order valence-electron chi connectivity index (χ1n) is 5.48. The maximum absolute atomic E-state index is 5.19. The third kappa shape index (κ3) is 4.01. The van der Waals surface area contributed by atoms with Crippen molar-refractivity contribution in [3.8, 4) is 0 Å². The average Bonchev–Trinajstić information content (AvgIpc) is 2.66. The van der Waals surface area contributed by atoms with Crippen LogP contribution in [0.2, 0.25) is 0 Å². The molecule has 1 aromatic heterocycles. The topological polar surface area (TPSA) is 54.2 Å². The second-order valence-electron chi connectivity index (χ2n) is 4.39. The van der Waals surface area contributed by atoms with Gasteiger partial charge < -0.3 is 14.7 Å². The fourth-order valence-corrected chi connectivity index (χ4v) is 1.70. The summed E-state index contributed by atoms with van der Waals surface area (Å²) < 4.78 is 5.19. The third-order valence-corrected chi connectivity index (χ3v) is 2.58. The Morgan fingerprint density at radius 2 is 2.12 bits per heavy atom. The molecule has 5 nitrogen and oxygen atoms in total. The van der Waals surface area contributed by atoms with Crippen LogP contribution in [0.15, 0.2) is 4.52 Å². The summed E-state index contributed by atoms with van der Waals surface area (Å²) in [4.78, 5) is 6.55. The number of halogens is 2. The van der Waals surface area contributed by atoms with Crippen LogP contribution in [0.3, 0.4) is 0 Å². The first kappa shape index (κ1) is 16.5. The first-order chi connectivity index (χ1) is 7.16. The number of nitrogens with zero attached hydrogens (tertiary/aromatic N) is 3. The third-order valence-electron chi connectivity index (χ3n) is 2.58. The second kappa shape index (κ2) is 7.03. The highest BCUT2D eigenvalue weighted by molar-refractivity contribution is 5.85. The number of nitrogens with one attached hydrogen (secondary N) is 1.